The van der Waals surface area contributed by atoms with Gasteiger partial charge in [0.2, 0.25) is 11.8 Å². The van der Waals surface area contributed by atoms with Gasteiger partial charge in [0.05, 0.1) is 24.5 Å². The SMILES string of the molecule is COc1cccc(CN(C(=O)C2CC(=O)N(CCc3ccc(C)cc3)C2)C2CCS(=O)(=O)C2)c1. The Morgan fingerprint density at radius 2 is 1.91 bits per heavy atom. The van der Waals surface area contributed by atoms with E-state index < -0.39 is 15.8 Å². The lowest BCUT2D eigenvalue weighted by atomic mass is 10.0. The molecule has 34 heavy (non-hydrogen) atoms. The number of hydrogen-bond acceptors (Lipinski definition) is 5. The van der Waals surface area contributed by atoms with Crippen molar-refractivity contribution in [1.29, 1.82) is 0 Å². The molecule has 2 unspecified atom stereocenters. The summed E-state index contributed by atoms with van der Waals surface area (Å²) >= 11 is 0. The van der Waals surface area contributed by atoms with Crippen molar-refractivity contribution in [3.8, 4) is 5.75 Å². The summed E-state index contributed by atoms with van der Waals surface area (Å²) in [6.07, 6.45) is 1.33. The van der Waals surface area contributed by atoms with E-state index in [0.29, 0.717) is 31.8 Å². The predicted octanol–water partition coefficient (Wildman–Crippen LogP) is 2.61. The highest BCUT2D eigenvalue weighted by atomic mass is 32.2. The smallest absolute Gasteiger partial charge is 0.228 e. The average molecular weight is 485 g/mol. The first-order chi connectivity index (χ1) is 16.2. The highest BCUT2D eigenvalue weighted by Gasteiger charge is 2.41. The topological polar surface area (TPSA) is 84.0 Å². The molecule has 2 atom stereocenters. The summed E-state index contributed by atoms with van der Waals surface area (Å²) in [7, 11) is -1.58. The molecule has 0 aromatic heterocycles. The number of hydrogen-bond donors (Lipinski definition) is 0. The lowest BCUT2D eigenvalue weighted by Gasteiger charge is -2.31. The molecular weight excluding hydrogens is 452 g/mol. The molecule has 0 spiro atoms. The fourth-order valence-corrected chi connectivity index (χ4v) is 6.51. The second kappa shape index (κ2) is 10.2. The number of amides is 2. The van der Waals surface area contributed by atoms with Gasteiger partial charge in [-0.25, -0.2) is 8.42 Å². The molecule has 8 heteroatoms. The molecule has 2 fully saturated rings. The molecule has 182 valence electrons. The molecule has 2 aliphatic rings. The third-order valence-corrected chi connectivity index (χ3v) is 8.52. The lowest BCUT2D eigenvalue weighted by Crippen LogP contribution is -2.44. The van der Waals surface area contributed by atoms with Crippen molar-refractivity contribution in [1.82, 2.24) is 9.80 Å². The van der Waals surface area contributed by atoms with Crippen LogP contribution in [0.3, 0.4) is 0 Å². The number of sulfone groups is 1. The standard InChI is InChI=1S/C26H32N2O5S/c1-19-6-8-20(9-7-19)10-12-27-17-22(15-25(27)29)26(30)28(23-11-13-34(31,32)18-23)16-21-4-3-5-24(14-21)33-2/h3-9,14,22-23H,10-13,15-18H2,1-2H3. The molecule has 0 saturated carbocycles. The molecule has 4 rings (SSSR count). The molecule has 0 bridgehead atoms. The Hall–Kier alpha value is -2.87. The normalized spacial score (nSPS) is 21.6. The van der Waals surface area contributed by atoms with E-state index in [2.05, 4.69) is 24.3 Å². The number of rotatable bonds is 8. The van der Waals surface area contributed by atoms with E-state index in [-0.39, 0.29) is 35.8 Å². The summed E-state index contributed by atoms with van der Waals surface area (Å²) in [5.41, 5.74) is 3.22. The van der Waals surface area contributed by atoms with Crippen LogP contribution in [0.15, 0.2) is 48.5 Å². The predicted molar refractivity (Wildman–Crippen MR) is 130 cm³/mol. The molecule has 2 heterocycles. The van der Waals surface area contributed by atoms with Crippen LogP contribution in [0.2, 0.25) is 0 Å². The summed E-state index contributed by atoms with van der Waals surface area (Å²) in [6, 6.07) is 15.3. The van der Waals surface area contributed by atoms with Crippen LogP contribution in [0.4, 0.5) is 0 Å². The number of carbonyl (C=O) groups is 2. The van der Waals surface area contributed by atoms with Gasteiger partial charge in [-0.1, -0.05) is 42.0 Å². The van der Waals surface area contributed by atoms with Crippen LogP contribution in [0.5, 0.6) is 5.75 Å². The quantitative estimate of drug-likeness (QED) is 0.575. The van der Waals surface area contributed by atoms with Gasteiger partial charge in [-0.2, -0.15) is 0 Å². The van der Waals surface area contributed by atoms with Crippen LogP contribution >= 0.6 is 0 Å². The van der Waals surface area contributed by atoms with Crippen molar-refractivity contribution in [2.75, 3.05) is 31.7 Å². The molecule has 2 aromatic carbocycles. The fourth-order valence-electron chi connectivity index (χ4n) is 4.78. The maximum absolute atomic E-state index is 13.6. The molecule has 2 saturated heterocycles. The second-order valence-electron chi connectivity index (χ2n) is 9.35. The Bertz CT molecular complexity index is 1150. The Morgan fingerprint density at radius 1 is 1.15 bits per heavy atom. The number of ether oxygens (including phenoxy) is 1. The fraction of sp³-hybridized carbons (Fsp3) is 0.462. The molecule has 2 amide bonds. The maximum Gasteiger partial charge on any atom is 0.228 e. The van der Waals surface area contributed by atoms with E-state index in [1.54, 1.807) is 16.9 Å². The zero-order valence-electron chi connectivity index (χ0n) is 19.8. The minimum Gasteiger partial charge on any atom is -0.497 e. The van der Waals surface area contributed by atoms with Crippen LogP contribution in [0.25, 0.3) is 0 Å². The van der Waals surface area contributed by atoms with E-state index in [1.165, 1.54) is 5.56 Å². The molecule has 2 aliphatic heterocycles. The number of likely N-dealkylation sites (tertiary alicyclic amines) is 1. The van der Waals surface area contributed by atoms with Gasteiger partial charge in [0.25, 0.3) is 0 Å². The van der Waals surface area contributed by atoms with Gasteiger partial charge in [0, 0.05) is 32.1 Å². The Balaban J connectivity index is 1.46. The average Bonchev–Trinajstić information content (AvgIpc) is 3.38. The van der Waals surface area contributed by atoms with Crippen LogP contribution in [-0.4, -0.2) is 67.8 Å². The molecular formula is C26H32N2O5S. The van der Waals surface area contributed by atoms with Gasteiger partial charge < -0.3 is 14.5 Å². The van der Waals surface area contributed by atoms with Gasteiger partial charge >= 0.3 is 0 Å². The van der Waals surface area contributed by atoms with E-state index in [4.69, 9.17) is 4.74 Å². The first kappa shape index (κ1) is 24.3. The second-order valence-corrected chi connectivity index (χ2v) is 11.6. The summed E-state index contributed by atoms with van der Waals surface area (Å²) in [5, 5.41) is 0. The zero-order chi connectivity index (χ0) is 24.3. The zero-order valence-corrected chi connectivity index (χ0v) is 20.6. The number of aryl methyl sites for hydroxylation is 1. The van der Waals surface area contributed by atoms with Crippen molar-refractivity contribution in [3.63, 3.8) is 0 Å². The van der Waals surface area contributed by atoms with E-state index in [1.807, 2.05) is 31.2 Å². The van der Waals surface area contributed by atoms with Gasteiger partial charge in [-0.15, -0.1) is 0 Å². The summed E-state index contributed by atoms with van der Waals surface area (Å²) in [5.74, 6) is 0.121. The highest BCUT2D eigenvalue weighted by Crippen LogP contribution is 2.27. The maximum atomic E-state index is 13.6. The van der Waals surface area contributed by atoms with Gasteiger partial charge in [0.15, 0.2) is 9.84 Å². The third kappa shape index (κ3) is 5.78. The van der Waals surface area contributed by atoms with Gasteiger partial charge in [-0.3, -0.25) is 9.59 Å². The Morgan fingerprint density at radius 3 is 2.59 bits per heavy atom. The Kier molecular flexibility index (Phi) is 7.26. The molecule has 7 nitrogen and oxygen atoms in total. The lowest BCUT2D eigenvalue weighted by molar-refractivity contribution is -0.138. The van der Waals surface area contributed by atoms with E-state index in [0.717, 1.165) is 17.5 Å². The van der Waals surface area contributed by atoms with Crippen molar-refractivity contribution in [2.24, 2.45) is 5.92 Å². The van der Waals surface area contributed by atoms with Crippen LogP contribution in [0, 0.1) is 12.8 Å². The van der Waals surface area contributed by atoms with E-state index in [9.17, 15) is 18.0 Å². The monoisotopic (exact) mass is 484 g/mol. The first-order valence-electron chi connectivity index (χ1n) is 11.7. The summed E-state index contributed by atoms with van der Waals surface area (Å²) in [4.78, 5) is 29.8. The highest BCUT2D eigenvalue weighted by molar-refractivity contribution is 7.91. The van der Waals surface area contributed by atoms with Crippen molar-refractivity contribution in [2.45, 2.75) is 38.8 Å². The molecule has 2 aromatic rings. The third-order valence-electron chi connectivity index (χ3n) is 6.77. The first-order valence-corrected chi connectivity index (χ1v) is 13.5. The van der Waals surface area contributed by atoms with Crippen molar-refractivity contribution in [3.05, 3.63) is 65.2 Å². The Labute approximate surface area is 201 Å². The molecule has 0 aliphatic carbocycles. The van der Waals surface area contributed by atoms with Gasteiger partial charge in [0.1, 0.15) is 5.75 Å². The van der Waals surface area contributed by atoms with E-state index >= 15 is 0 Å². The van der Waals surface area contributed by atoms with Gasteiger partial charge in [-0.05, 0) is 43.0 Å². The minimum atomic E-state index is -3.16. The summed E-state index contributed by atoms with van der Waals surface area (Å²) in [6.45, 7) is 3.28. The molecule has 0 radical (unpaired) electrons. The van der Waals surface area contributed by atoms with Crippen molar-refractivity contribution >= 4 is 21.7 Å². The van der Waals surface area contributed by atoms with Crippen LogP contribution in [-0.2, 0) is 32.4 Å². The largest absolute Gasteiger partial charge is 0.497 e. The van der Waals surface area contributed by atoms with Crippen LogP contribution < -0.4 is 4.74 Å². The molecule has 0 N–H and O–H groups in total. The van der Waals surface area contributed by atoms with Crippen LogP contribution in [0.1, 0.15) is 29.5 Å². The number of methoxy groups -OCH3 is 1. The minimum absolute atomic E-state index is 0.0224. The number of carbonyl (C=O) groups excluding carboxylic acids is 2. The number of nitrogens with zero attached hydrogens (tertiary/aromatic N) is 2. The number of benzene rings is 2. The summed E-state index contributed by atoms with van der Waals surface area (Å²) < 4.78 is 29.6. The van der Waals surface area contributed by atoms with Crippen molar-refractivity contribution < 1.29 is 22.7 Å².